The first-order chi connectivity index (χ1) is 9.76. The first kappa shape index (κ1) is 12.6. The zero-order valence-electron chi connectivity index (χ0n) is 11.4. The van der Waals surface area contributed by atoms with Crippen LogP contribution in [0.1, 0.15) is 29.7 Å². The molecule has 1 heterocycles. The van der Waals surface area contributed by atoms with E-state index < -0.39 is 0 Å². The van der Waals surface area contributed by atoms with E-state index in [1.165, 1.54) is 11.1 Å². The average molecular weight is 264 g/mol. The number of nitrogens with one attached hydrogen (secondary N) is 1. The van der Waals surface area contributed by atoms with Gasteiger partial charge in [-0.2, -0.15) is 5.26 Å². The van der Waals surface area contributed by atoms with Crippen LogP contribution in [-0.2, 0) is 6.42 Å². The maximum absolute atomic E-state index is 8.81. The van der Waals surface area contributed by atoms with Crippen molar-refractivity contribution in [1.29, 1.82) is 5.26 Å². The smallest absolute Gasteiger partial charge is 0.122 e. The molecule has 1 unspecified atom stereocenters. The van der Waals surface area contributed by atoms with Gasteiger partial charge in [0.2, 0.25) is 0 Å². The van der Waals surface area contributed by atoms with Crippen LogP contribution in [0.5, 0.6) is 5.75 Å². The summed E-state index contributed by atoms with van der Waals surface area (Å²) in [5.41, 5.74) is 4.23. The van der Waals surface area contributed by atoms with E-state index in [1.54, 1.807) is 0 Å². The first-order valence-corrected chi connectivity index (χ1v) is 6.78. The molecule has 1 aliphatic heterocycles. The van der Waals surface area contributed by atoms with Crippen LogP contribution in [0.3, 0.4) is 0 Å². The fraction of sp³-hybridized carbons (Fsp3) is 0.235. The summed E-state index contributed by atoms with van der Waals surface area (Å²) in [6, 6.07) is 16.2. The van der Waals surface area contributed by atoms with Crippen LogP contribution in [0.25, 0.3) is 0 Å². The maximum Gasteiger partial charge on any atom is 0.122 e. The largest absolute Gasteiger partial charge is 0.493 e. The zero-order valence-corrected chi connectivity index (χ0v) is 11.4. The quantitative estimate of drug-likeness (QED) is 0.920. The van der Waals surface area contributed by atoms with Gasteiger partial charge < -0.3 is 10.1 Å². The number of rotatable bonds is 3. The summed E-state index contributed by atoms with van der Waals surface area (Å²) in [7, 11) is 0. The molecule has 1 N–H and O–H groups in total. The molecular weight excluding hydrogens is 248 g/mol. The standard InChI is InChI=1S/C17H16N2O/c1-12(14-4-2-13(11-18)3-5-14)19-16-6-7-17-15(10-16)8-9-20-17/h2-7,10,12,19H,8-9H2,1H3. The molecule has 3 nitrogen and oxygen atoms in total. The highest BCUT2D eigenvalue weighted by Gasteiger charge is 2.13. The Bertz CT molecular complexity index is 656. The topological polar surface area (TPSA) is 45.0 Å². The van der Waals surface area contributed by atoms with Crippen LogP contribution in [-0.4, -0.2) is 6.61 Å². The van der Waals surface area contributed by atoms with Crippen molar-refractivity contribution in [2.75, 3.05) is 11.9 Å². The molecule has 1 atom stereocenters. The van der Waals surface area contributed by atoms with Crippen LogP contribution in [0, 0.1) is 11.3 Å². The second kappa shape index (κ2) is 5.26. The predicted molar refractivity (Wildman–Crippen MR) is 78.8 cm³/mol. The first-order valence-electron chi connectivity index (χ1n) is 6.78. The van der Waals surface area contributed by atoms with Gasteiger partial charge in [-0.25, -0.2) is 0 Å². The summed E-state index contributed by atoms with van der Waals surface area (Å²) >= 11 is 0. The molecule has 0 bridgehead atoms. The molecule has 2 aromatic carbocycles. The molecule has 0 fully saturated rings. The number of ether oxygens (including phenoxy) is 1. The highest BCUT2D eigenvalue weighted by atomic mass is 16.5. The summed E-state index contributed by atoms with van der Waals surface area (Å²) < 4.78 is 5.51. The molecule has 1 aliphatic rings. The van der Waals surface area contributed by atoms with E-state index in [4.69, 9.17) is 10.00 Å². The second-order valence-corrected chi connectivity index (χ2v) is 5.02. The van der Waals surface area contributed by atoms with E-state index in [9.17, 15) is 0 Å². The van der Waals surface area contributed by atoms with Crippen molar-refractivity contribution in [3.8, 4) is 11.8 Å². The van der Waals surface area contributed by atoms with Gasteiger partial charge in [0.15, 0.2) is 0 Å². The Morgan fingerprint density at radius 2 is 2.00 bits per heavy atom. The van der Waals surface area contributed by atoms with Gasteiger partial charge in [0, 0.05) is 18.2 Å². The van der Waals surface area contributed by atoms with Gasteiger partial charge in [0.05, 0.1) is 18.2 Å². The molecule has 0 aliphatic carbocycles. The Hall–Kier alpha value is -2.47. The van der Waals surface area contributed by atoms with E-state index >= 15 is 0 Å². The van der Waals surface area contributed by atoms with Crippen molar-refractivity contribution in [1.82, 2.24) is 0 Å². The fourth-order valence-corrected chi connectivity index (χ4v) is 2.46. The molecule has 3 heteroatoms. The summed E-state index contributed by atoms with van der Waals surface area (Å²) in [6.07, 6.45) is 0.982. The lowest BCUT2D eigenvalue weighted by atomic mass is 10.1. The lowest BCUT2D eigenvalue weighted by molar-refractivity contribution is 0.357. The lowest BCUT2D eigenvalue weighted by Crippen LogP contribution is -2.06. The van der Waals surface area contributed by atoms with E-state index in [0.29, 0.717) is 5.56 Å². The van der Waals surface area contributed by atoms with Crippen molar-refractivity contribution in [3.63, 3.8) is 0 Å². The number of hydrogen-bond acceptors (Lipinski definition) is 3. The van der Waals surface area contributed by atoms with Gasteiger partial charge >= 0.3 is 0 Å². The van der Waals surface area contributed by atoms with Crippen LogP contribution >= 0.6 is 0 Å². The minimum atomic E-state index is 0.197. The third-order valence-electron chi connectivity index (χ3n) is 3.61. The molecular formula is C17H16N2O. The Morgan fingerprint density at radius 3 is 2.75 bits per heavy atom. The van der Waals surface area contributed by atoms with E-state index in [2.05, 4.69) is 24.4 Å². The number of nitrogens with zero attached hydrogens (tertiary/aromatic N) is 1. The molecule has 0 saturated carbocycles. The zero-order chi connectivity index (χ0) is 13.9. The van der Waals surface area contributed by atoms with Gasteiger partial charge in [-0.3, -0.25) is 0 Å². The third-order valence-corrected chi connectivity index (χ3v) is 3.61. The van der Waals surface area contributed by atoms with Crippen LogP contribution in [0.2, 0.25) is 0 Å². The lowest BCUT2D eigenvalue weighted by Gasteiger charge is -2.16. The van der Waals surface area contributed by atoms with Gasteiger partial charge in [-0.05, 0) is 48.4 Å². The molecule has 0 saturated heterocycles. The Kier molecular flexibility index (Phi) is 3.30. The minimum absolute atomic E-state index is 0.197. The molecule has 0 spiro atoms. The molecule has 0 radical (unpaired) electrons. The maximum atomic E-state index is 8.81. The van der Waals surface area contributed by atoms with Crippen LogP contribution in [0.4, 0.5) is 5.69 Å². The Balaban J connectivity index is 1.75. The summed E-state index contributed by atoms with van der Waals surface area (Å²) in [4.78, 5) is 0. The highest BCUT2D eigenvalue weighted by Crippen LogP contribution is 2.29. The van der Waals surface area contributed by atoms with Crippen LogP contribution < -0.4 is 10.1 Å². The SMILES string of the molecule is CC(Nc1ccc2c(c1)CCO2)c1ccc(C#N)cc1. The predicted octanol–water partition coefficient (Wildman–Crippen LogP) is 3.67. The highest BCUT2D eigenvalue weighted by molar-refractivity contribution is 5.53. The van der Waals surface area contributed by atoms with E-state index in [1.807, 2.05) is 36.4 Å². The number of fused-ring (bicyclic) bond motifs is 1. The monoisotopic (exact) mass is 264 g/mol. The minimum Gasteiger partial charge on any atom is -0.493 e. The molecule has 3 rings (SSSR count). The van der Waals surface area contributed by atoms with Gasteiger partial charge in [0.1, 0.15) is 5.75 Å². The molecule has 100 valence electrons. The van der Waals surface area contributed by atoms with Crippen LogP contribution in [0.15, 0.2) is 42.5 Å². The molecule has 0 aromatic heterocycles. The number of benzene rings is 2. The number of hydrogen-bond donors (Lipinski definition) is 1. The third kappa shape index (κ3) is 2.46. The van der Waals surface area contributed by atoms with Crippen molar-refractivity contribution >= 4 is 5.69 Å². The summed E-state index contributed by atoms with van der Waals surface area (Å²) in [5, 5.41) is 12.3. The van der Waals surface area contributed by atoms with Crippen molar-refractivity contribution in [3.05, 3.63) is 59.2 Å². The van der Waals surface area contributed by atoms with Crippen molar-refractivity contribution < 1.29 is 4.74 Å². The van der Waals surface area contributed by atoms with Gasteiger partial charge in [-0.15, -0.1) is 0 Å². The van der Waals surface area contributed by atoms with Crippen molar-refractivity contribution in [2.24, 2.45) is 0 Å². The molecule has 2 aromatic rings. The van der Waals surface area contributed by atoms with Gasteiger partial charge in [-0.1, -0.05) is 12.1 Å². The summed E-state index contributed by atoms with van der Waals surface area (Å²) in [5.74, 6) is 1.00. The fourth-order valence-electron chi connectivity index (χ4n) is 2.46. The van der Waals surface area contributed by atoms with Crippen molar-refractivity contribution in [2.45, 2.75) is 19.4 Å². The number of anilines is 1. The normalized spacial score (nSPS) is 14.0. The van der Waals surface area contributed by atoms with Gasteiger partial charge in [0.25, 0.3) is 0 Å². The van der Waals surface area contributed by atoms with E-state index in [0.717, 1.165) is 24.5 Å². The summed E-state index contributed by atoms with van der Waals surface area (Å²) in [6.45, 7) is 2.90. The second-order valence-electron chi connectivity index (χ2n) is 5.02. The molecule has 0 amide bonds. The Labute approximate surface area is 118 Å². The molecule has 20 heavy (non-hydrogen) atoms. The average Bonchev–Trinajstić information content (AvgIpc) is 2.95. The Morgan fingerprint density at radius 1 is 1.20 bits per heavy atom. The number of nitriles is 1. The van der Waals surface area contributed by atoms with E-state index in [-0.39, 0.29) is 6.04 Å².